The van der Waals surface area contributed by atoms with Crippen molar-refractivity contribution < 1.29 is 19.8 Å². The summed E-state index contributed by atoms with van der Waals surface area (Å²) in [5.41, 5.74) is 12.9. The van der Waals surface area contributed by atoms with Gasteiger partial charge in [-0.3, -0.25) is 4.57 Å². The summed E-state index contributed by atoms with van der Waals surface area (Å²) >= 11 is 0. The highest BCUT2D eigenvalue weighted by Crippen LogP contribution is 2.45. The predicted molar refractivity (Wildman–Crippen MR) is 349 cm³/mol. The second-order valence-electron chi connectivity index (χ2n) is 26.5. The molecule has 416 valence electrons. The molecule has 82 heavy (non-hydrogen) atoms. The van der Waals surface area contributed by atoms with Crippen LogP contribution in [-0.4, -0.2) is 27.3 Å². The number of pyridine rings is 1. The Morgan fingerprint density at radius 2 is 1.18 bits per heavy atom. The van der Waals surface area contributed by atoms with E-state index in [0.717, 1.165) is 80.7 Å². The molecule has 0 radical (unpaired) electrons. The fraction of sp³-hybridized carbons (Fsp3) is 0.303. The van der Waals surface area contributed by atoms with E-state index in [-0.39, 0.29) is 50.1 Å². The van der Waals surface area contributed by atoms with Crippen LogP contribution >= 0.6 is 0 Å². The first kappa shape index (κ1) is 42.7. The molecule has 12 rings (SSSR count). The topological polar surface area (TPSA) is 38.5 Å². The molecule has 3 aromatic heterocycles. The number of anilines is 3. The number of ether oxygens (including phenoxy) is 1. The SMILES string of the molecule is [2H]c1c([2H])c([2H])c2c(c1[2H])c1c([2H])c([2H])c([2H])c([2H])c1n2-c1cc(OCc2cccc(N3CN(CCCCc4c(-c5cc(C(C)(C)C)cc(C(C)(C)C)c5)cc(C(C)(C)C)cc4C([2H])([2H])[2H])c4ccccc43)c2)cc2c1c1ccccc1n2-c1cc(C(C)(C)C)ccn1. The van der Waals surface area contributed by atoms with Crippen LogP contribution in [-0.2, 0) is 34.7 Å². The standard InChI is InChI=1S/C76H81N5O/c1-50-39-54(74(5,6)7)44-63(52-41-55(75(8,9)10)43-56(42-52)76(11,12)13)59(50)27-22-23-38-78-49-79(68-35-21-20-34-67(68)78)57-26-24-25-51(40-57)48-82-58-46-69(80-64-31-17-14-28-60(64)61-29-15-18-32-65(61)80)72-62-30-16-19-33-66(62)81(70(72)47-58)71-45-53(36-37-77-71)73(2,3)4/h14-21,24-26,28-37,39-47H,22-23,27,38,48-49H2,1-13H3/i1D3,14D,15D,17D,18D,28D,29D,31D,32D. The lowest BCUT2D eigenvalue weighted by Crippen LogP contribution is -2.28. The normalized spacial score (nSPS) is 15.4. The fourth-order valence-corrected chi connectivity index (χ4v) is 11.8. The molecule has 6 nitrogen and oxygen atoms in total. The van der Waals surface area contributed by atoms with Gasteiger partial charge in [0.2, 0.25) is 0 Å². The minimum Gasteiger partial charge on any atom is -0.489 e. The summed E-state index contributed by atoms with van der Waals surface area (Å²) in [5, 5.41) is 1.39. The van der Waals surface area contributed by atoms with Gasteiger partial charge in [0, 0.05) is 56.2 Å². The van der Waals surface area contributed by atoms with E-state index < -0.39 is 55.2 Å². The Labute approximate surface area is 502 Å². The average molecular weight is 1090 g/mol. The van der Waals surface area contributed by atoms with Gasteiger partial charge in [0.25, 0.3) is 0 Å². The van der Waals surface area contributed by atoms with E-state index in [9.17, 15) is 5.48 Å². The quantitative estimate of drug-likeness (QED) is 0.114. The molecule has 0 N–H and O–H groups in total. The molecule has 4 heterocycles. The second kappa shape index (κ2) is 20.7. The second-order valence-corrected chi connectivity index (χ2v) is 26.5. The van der Waals surface area contributed by atoms with Crippen molar-refractivity contribution in [3.8, 4) is 28.4 Å². The zero-order valence-electron chi connectivity index (χ0n) is 60.6. The third kappa shape index (κ3) is 10.2. The van der Waals surface area contributed by atoms with Crippen LogP contribution in [0.15, 0.2) is 182 Å². The molecule has 0 bridgehead atoms. The molecule has 0 saturated carbocycles. The van der Waals surface area contributed by atoms with Crippen LogP contribution in [0.2, 0.25) is 0 Å². The Morgan fingerprint density at radius 3 is 1.87 bits per heavy atom. The minimum atomic E-state index is -2.32. The number of benzene rings is 8. The van der Waals surface area contributed by atoms with Crippen molar-refractivity contribution in [1.82, 2.24) is 14.1 Å². The Hall–Kier alpha value is -8.09. The minimum absolute atomic E-state index is 0.00828. The summed E-state index contributed by atoms with van der Waals surface area (Å²) < 4.78 is 110. The van der Waals surface area contributed by atoms with Crippen molar-refractivity contribution in [1.29, 1.82) is 0 Å². The Bertz CT molecular complexity index is 4710. The lowest BCUT2D eigenvalue weighted by molar-refractivity contribution is 0.306. The summed E-state index contributed by atoms with van der Waals surface area (Å²) in [6.45, 7) is 25.4. The van der Waals surface area contributed by atoms with E-state index >= 15 is 0 Å². The third-order valence-electron chi connectivity index (χ3n) is 16.5. The number of hydrogen-bond acceptors (Lipinski definition) is 4. The van der Waals surface area contributed by atoms with Gasteiger partial charge in [-0.25, -0.2) is 4.98 Å². The van der Waals surface area contributed by atoms with E-state index in [1.807, 2.05) is 54.6 Å². The molecule has 1 aliphatic rings. The highest BCUT2D eigenvalue weighted by Gasteiger charge is 2.29. The van der Waals surface area contributed by atoms with Crippen molar-refractivity contribution in [2.75, 3.05) is 23.0 Å². The van der Waals surface area contributed by atoms with Crippen molar-refractivity contribution in [3.63, 3.8) is 0 Å². The molecule has 11 aromatic rings. The van der Waals surface area contributed by atoms with E-state index in [1.165, 1.54) is 11.1 Å². The van der Waals surface area contributed by atoms with Gasteiger partial charge in [0.05, 0.1) is 56.8 Å². The Kier molecular flexibility index (Phi) is 10.8. The summed E-state index contributed by atoms with van der Waals surface area (Å²) in [6.07, 6.45) is 3.98. The molecule has 6 heteroatoms. The molecular formula is C76H81N5O. The number of aromatic nitrogens is 3. The van der Waals surface area contributed by atoms with Crippen LogP contribution in [0, 0.1) is 6.85 Å². The maximum absolute atomic E-state index is 9.48. The van der Waals surface area contributed by atoms with Gasteiger partial charge < -0.3 is 19.1 Å². The van der Waals surface area contributed by atoms with Gasteiger partial charge in [-0.2, -0.15) is 0 Å². The maximum Gasteiger partial charge on any atom is 0.137 e. The number of unbranched alkanes of at least 4 members (excludes halogenated alkanes) is 1. The summed E-state index contributed by atoms with van der Waals surface area (Å²) in [6, 6.07) is 39.7. The van der Waals surface area contributed by atoms with E-state index in [4.69, 9.17) is 19.3 Å². The highest BCUT2D eigenvalue weighted by atomic mass is 16.5. The maximum atomic E-state index is 9.48. The first-order valence-electron chi connectivity index (χ1n) is 34.4. The molecule has 0 amide bonds. The Morgan fingerprint density at radius 1 is 0.537 bits per heavy atom. The number of rotatable bonds is 12. The van der Waals surface area contributed by atoms with Crippen molar-refractivity contribution >= 4 is 60.7 Å². The molecule has 1 aliphatic heterocycles. The van der Waals surface area contributed by atoms with Crippen LogP contribution in [0.1, 0.15) is 150 Å². The van der Waals surface area contributed by atoms with E-state index in [0.29, 0.717) is 46.8 Å². The highest BCUT2D eigenvalue weighted by molar-refractivity contribution is 6.16. The van der Waals surface area contributed by atoms with E-state index in [1.54, 1.807) is 16.8 Å². The fourth-order valence-electron chi connectivity index (χ4n) is 11.8. The first-order valence-corrected chi connectivity index (χ1v) is 28.9. The van der Waals surface area contributed by atoms with Gasteiger partial charge in [-0.1, -0.05) is 192 Å². The summed E-state index contributed by atoms with van der Waals surface area (Å²) in [4.78, 5) is 9.64. The van der Waals surface area contributed by atoms with Crippen molar-refractivity contribution in [2.24, 2.45) is 0 Å². The summed E-state index contributed by atoms with van der Waals surface area (Å²) in [7, 11) is 0. The zero-order chi connectivity index (χ0) is 66.9. The van der Waals surface area contributed by atoms with Crippen LogP contribution in [0.5, 0.6) is 5.75 Å². The number of hydrogen-bond donors (Lipinski definition) is 0. The first-order chi connectivity index (χ1) is 43.6. The van der Waals surface area contributed by atoms with Gasteiger partial charge >= 0.3 is 0 Å². The Balaban J connectivity index is 0.900. The molecule has 0 aliphatic carbocycles. The number of nitrogens with zero attached hydrogens (tertiary/aromatic N) is 5. The molecule has 0 spiro atoms. The van der Waals surface area contributed by atoms with Gasteiger partial charge in [-0.15, -0.1) is 0 Å². The number of aryl methyl sites for hydroxylation is 1. The number of para-hydroxylation sites is 5. The largest absolute Gasteiger partial charge is 0.489 e. The molecule has 0 unspecified atom stereocenters. The van der Waals surface area contributed by atoms with Gasteiger partial charge in [0.1, 0.15) is 18.2 Å². The van der Waals surface area contributed by atoms with Crippen molar-refractivity contribution in [3.05, 3.63) is 221 Å². The van der Waals surface area contributed by atoms with Crippen LogP contribution in [0.4, 0.5) is 17.1 Å². The molecular weight excluding hydrogens is 999 g/mol. The third-order valence-corrected chi connectivity index (χ3v) is 16.5. The number of fused-ring (bicyclic) bond motifs is 7. The van der Waals surface area contributed by atoms with Gasteiger partial charge in [-0.05, 0) is 152 Å². The van der Waals surface area contributed by atoms with Crippen LogP contribution < -0.4 is 14.5 Å². The summed E-state index contributed by atoms with van der Waals surface area (Å²) in [5.74, 6) is 1.02. The van der Waals surface area contributed by atoms with Crippen LogP contribution in [0.25, 0.3) is 66.2 Å². The lowest BCUT2D eigenvalue weighted by Gasteiger charge is -2.28. The van der Waals surface area contributed by atoms with Crippen molar-refractivity contribution in [2.45, 2.75) is 137 Å². The average Bonchev–Trinajstić information content (AvgIpc) is 1.54. The van der Waals surface area contributed by atoms with E-state index in [2.05, 4.69) is 164 Å². The van der Waals surface area contributed by atoms with Gasteiger partial charge in [0.15, 0.2) is 0 Å². The molecule has 0 saturated heterocycles. The predicted octanol–water partition coefficient (Wildman–Crippen LogP) is 20.0. The zero-order valence-corrected chi connectivity index (χ0v) is 49.6. The lowest BCUT2D eigenvalue weighted by atomic mass is 9.77. The molecule has 0 fully saturated rings. The smallest absolute Gasteiger partial charge is 0.137 e. The molecule has 8 aromatic carbocycles. The monoisotopic (exact) mass is 1090 g/mol. The molecule has 0 atom stereocenters. The van der Waals surface area contributed by atoms with Crippen LogP contribution in [0.3, 0.4) is 0 Å².